The predicted molar refractivity (Wildman–Crippen MR) is 61.5 cm³/mol. The molecule has 0 spiro atoms. The average molecular weight is 243 g/mol. The highest BCUT2D eigenvalue weighted by Crippen LogP contribution is 2.28. The number of cyclic esters (lactones) is 1. The van der Waals surface area contributed by atoms with Crippen molar-refractivity contribution in [2.75, 3.05) is 0 Å². The van der Waals surface area contributed by atoms with Gasteiger partial charge < -0.3 is 9.15 Å². The minimum atomic E-state index is -0.991. The van der Waals surface area contributed by atoms with Crippen molar-refractivity contribution in [3.63, 3.8) is 0 Å². The fourth-order valence-corrected chi connectivity index (χ4v) is 1.79. The number of furan rings is 1. The Kier molecular flexibility index (Phi) is 2.37. The molecule has 0 saturated carbocycles. The molecule has 0 radical (unpaired) electrons. The van der Waals surface area contributed by atoms with Gasteiger partial charge in [0, 0.05) is 5.56 Å². The molecule has 1 fully saturated rings. The van der Waals surface area contributed by atoms with E-state index in [-0.39, 0.29) is 0 Å². The third kappa shape index (κ3) is 1.75. The van der Waals surface area contributed by atoms with Crippen LogP contribution < -0.4 is 5.32 Å². The zero-order valence-corrected chi connectivity index (χ0v) is 9.25. The second-order valence-electron chi connectivity index (χ2n) is 3.84. The molecule has 1 N–H and O–H groups in total. The summed E-state index contributed by atoms with van der Waals surface area (Å²) in [5, 5.41) is 2.05. The first kappa shape index (κ1) is 10.6. The number of hydrogen-bond donors (Lipinski definition) is 1. The van der Waals surface area contributed by atoms with Crippen molar-refractivity contribution in [3.8, 4) is 11.3 Å². The Morgan fingerprint density at radius 2 is 1.78 bits per heavy atom. The van der Waals surface area contributed by atoms with Gasteiger partial charge in [0.05, 0.1) is 0 Å². The first-order valence-electron chi connectivity index (χ1n) is 5.41. The van der Waals surface area contributed by atoms with E-state index >= 15 is 0 Å². The summed E-state index contributed by atoms with van der Waals surface area (Å²) in [5.41, 5.74) is 0.897. The number of benzene rings is 1. The normalized spacial score (nSPS) is 18.6. The summed E-state index contributed by atoms with van der Waals surface area (Å²) in [5.74, 6) is 0.438. The zero-order valence-electron chi connectivity index (χ0n) is 9.25. The molecule has 1 aliphatic rings. The van der Waals surface area contributed by atoms with Gasteiger partial charge in [-0.15, -0.1) is 0 Å². The van der Waals surface area contributed by atoms with Crippen molar-refractivity contribution < 1.29 is 18.7 Å². The van der Waals surface area contributed by atoms with Crippen LogP contribution in [0.3, 0.4) is 0 Å². The van der Waals surface area contributed by atoms with Crippen molar-refractivity contribution in [1.82, 2.24) is 5.32 Å². The van der Waals surface area contributed by atoms with E-state index in [1.54, 1.807) is 12.1 Å². The van der Waals surface area contributed by atoms with E-state index in [0.29, 0.717) is 11.5 Å². The molecule has 1 saturated heterocycles. The fraction of sp³-hybridized carbons (Fsp3) is 0.0769. The van der Waals surface area contributed by atoms with Gasteiger partial charge in [-0.2, -0.15) is 0 Å². The Balaban J connectivity index is 1.91. The summed E-state index contributed by atoms with van der Waals surface area (Å²) in [6.45, 7) is 0. The second-order valence-corrected chi connectivity index (χ2v) is 3.84. The highest BCUT2D eigenvalue weighted by Gasteiger charge is 2.36. The molecule has 1 aliphatic heterocycles. The SMILES string of the molecule is O=C1NC(=O)C(c2ccc(-c3ccccc3)o2)O1. The van der Waals surface area contributed by atoms with Crippen molar-refractivity contribution in [3.05, 3.63) is 48.2 Å². The van der Waals surface area contributed by atoms with Gasteiger partial charge in [0.25, 0.3) is 5.91 Å². The zero-order chi connectivity index (χ0) is 12.5. The van der Waals surface area contributed by atoms with Crippen molar-refractivity contribution >= 4 is 12.0 Å². The van der Waals surface area contributed by atoms with Crippen LogP contribution in [0, 0.1) is 0 Å². The average Bonchev–Trinajstić information content (AvgIpc) is 2.97. The number of imide groups is 1. The second kappa shape index (κ2) is 4.03. The van der Waals surface area contributed by atoms with Crippen molar-refractivity contribution in [2.24, 2.45) is 0 Å². The predicted octanol–water partition coefficient (Wildman–Crippen LogP) is 2.25. The van der Waals surface area contributed by atoms with Crippen LogP contribution in [0.2, 0.25) is 0 Å². The molecule has 1 atom stereocenters. The van der Waals surface area contributed by atoms with Gasteiger partial charge in [-0.25, -0.2) is 4.79 Å². The molecular formula is C13H9NO4. The summed E-state index contributed by atoms with van der Waals surface area (Å²) in [6.07, 6.45) is -1.74. The van der Waals surface area contributed by atoms with Gasteiger partial charge in [0.2, 0.25) is 6.10 Å². The number of alkyl carbamates (subject to hydrolysis) is 1. The van der Waals surface area contributed by atoms with Crippen LogP contribution in [-0.4, -0.2) is 12.0 Å². The molecule has 90 valence electrons. The minimum Gasteiger partial charge on any atom is -0.457 e. The molecule has 1 aromatic carbocycles. The summed E-state index contributed by atoms with van der Waals surface area (Å²) >= 11 is 0. The van der Waals surface area contributed by atoms with E-state index in [0.717, 1.165) is 5.56 Å². The Labute approximate surface area is 102 Å². The number of rotatable bonds is 2. The molecular weight excluding hydrogens is 234 g/mol. The van der Waals surface area contributed by atoms with Crippen LogP contribution in [-0.2, 0) is 9.53 Å². The number of nitrogens with one attached hydrogen (secondary N) is 1. The summed E-state index contributed by atoms with van der Waals surface area (Å²) in [4.78, 5) is 22.3. The lowest BCUT2D eigenvalue weighted by atomic mass is 10.2. The van der Waals surface area contributed by atoms with Crippen LogP contribution in [0.4, 0.5) is 4.79 Å². The highest BCUT2D eigenvalue weighted by molar-refractivity contribution is 6.00. The maximum atomic E-state index is 11.4. The standard InChI is InChI=1S/C13H9NO4/c15-12-11(18-13(16)14-12)10-7-6-9(17-10)8-4-2-1-3-5-8/h1-7,11H,(H,14,15,16). The van der Waals surface area contributed by atoms with Gasteiger partial charge in [0.1, 0.15) is 5.76 Å². The molecule has 1 unspecified atom stereocenters. The maximum Gasteiger partial charge on any atom is 0.415 e. The van der Waals surface area contributed by atoms with Crippen LogP contribution >= 0.6 is 0 Å². The van der Waals surface area contributed by atoms with Gasteiger partial charge >= 0.3 is 6.09 Å². The lowest BCUT2D eigenvalue weighted by Gasteiger charge is -2.01. The summed E-state index contributed by atoms with van der Waals surface area (Å²) < 4.78 is 10.3. The molecule has 18 heavy (non-hydrogen) atoms. The van der Waals surface area contributed by atoms with Crippen molar-refractivity contribution in [1.29, 1.82) is 0 Å². The van der Waals surface area contributed by atoms with E-state index in [1.807, 2.05) is 30.3 Å². The van der Waals surface area contributed by atoms with Gasteiger partial charge in [-0.3, -0.25) is 10.1 Å². The molecule has 3 rings (SSSR count). The van der Waals surface area contributed by atoms with Crippen LogP contribution in [0.15, 0.2) is 46.9 Å². The molecule has 2 heterocycles. The maximum absolute atomic E-state index is 11.4. The number of ether oxygens (including phenoxy) is 1. The monoisotopic (exact) mass is 243 g/mol. The number of carbonyl (C=O) groups excluding carboxylic acids is 2. The lowest BCUT2D eigenvalue weighted by molar-refractivity contribution is -0.124. The molecule has 5 heteroatoms. The largest absolute Gasteiger partial charge is 0.457 e. The van der Waals surface area contributed by atoms with Crippen LogP contribution in [0.25, 0.3) is 11.3 Å². The minimum absolute atomic E-state index is 0.317. The molecule has 0 aliphatic carbocycles. The van der Waals surface area contributed by atoms with Crippen LogP contribution in [0.5, 0.6) is 0 Å². The molecule has 2 amide bonds. The molecule has 2 aromatic rings. The molecule has 1 aromatic heterocycles. The van der Waals surface area contributed by atoms with E-state index in [9.17, 15) is 9.59 Å². The highest BCUT2D eigenvalue weighted by atomic mass is 16.6. The summed E-state index contributed by atoms with van der Waals surface area (Å²) in [6, 6.07) is 12.8. The van der Waals surface area contributed by atoms with E-state index in [4.69, 9.17) is 9.15 Å². The number of hydrogen-bond acceptors (Lipinski definition) is 4. The number of carbonyl (C=O) groups is 2. The van der Waals surface area contributed by atoms with Gasteiger partial charge in [-0.1, -0.05) is 30.3 Å². The first-order valence-corrected chi connectivity index (χ1v) is 5.41. The van der Waals surface area contributed by atoms with Gasteiger partial charge in [-0.05, 0) is 12.1 Å². The Hall–Kier alpha value is -2.56. The smallest absolute Gasteiger partial charge is 0.415 e. The Bertz CT molecular complexity index is 602. The lowest BCUT2D eigenvalue weighted by Crippen LogP contribution is -2.20. The topological polar surface area (TPSA) is 68.5 Å². The molecule has 5 nitrogen and oxygen atoms in total. The Morgan fingerprint density at radius 1 is 1.00 bits per heavy atom. The van der Waals surface area contributed by atoms with Gasteiger partial charge in [0.15, 0.2) is 5.76 Å². The quantitative estimate of drug-likeness (QED) is 0.878. The molecule has 0 bridgehead atoms. The summed E-state index contributed by atoms with van der Waals surface area (Å²) in [7, 11) is 0. The van der Waals surface area contributed by atoms with Crippen LogP contribution in [0.1, 0.15) is 11.9 Å². The fourth-order valence-electron chi connectivity index (χ4n) is 1.79. The van der Waals surface area contributed by atoms with E-state index in [2.05, 4.69) is 5.32 Å². The number of amides is 2. The Morgan fingerprint density at radius 3 is 2.44 bits per heavy atom. The first-order chi connectivity index (χ1) is 8.74. The van der Waals surface area contributed by atoms with E-state index in [1.165, 1.54) is 0 Å². The van der Waals surface area contributed by atoms with E-state index < -0.39 is 18.1 Å². The third-order valence-corrected chi connectivity index (χ3v) is 2.63. The third-order valence-electron chi connectivity index (χ3n) is 2.63. The van der Waals surface area contributed by atoms with Crippen molar-refractivity contribution in [2.45, 2.75) is 6.10 Å².